The third-order valence-electron chi connectivity index (χ3n) is 2.09. The molecule has 6 heteroatoms. The Morgan fingerprint density at radius 3 is 2.65 bits per heavy atom. The van der Waals surface area contributed by atoms with E-state index in [1.807, 2.05) is 6.07 Å². The van der Waals surface area contributed by atoms with Crippen LogP contribution in [0.3, 0.4) is 0 Å². The van der Waals surface area contributed by atoms with Gasteiger partial charge in [0.1, 0.15) is 0 Å². The highest BCUT2D eigenvalue weighted by atomic mass is 79.9. The average molecular weight is 376 g/mol. The Bertz CT molecular complexity index is 568. The van der Waals surface area contributed by atoms with Crippen molar-refractivity contribution in [2.24, 2.45) is 0 Å². The van der Waals surface area contributed by atoms with Crippen LogP contribution in [-0.4, -0.2) is 5.91 Å². The second-order valence-corrected chi connectivity index (χ2v) is 6.53. The van der Waals surface area contributed by atoms with Crippen molar-refractivity contribution >= 4 is 60.5 Å². The van der Waals surface area contributed by atoms with E-state index in [-0.39, 0.29) is 5.91 Å². The Hall–Kier alpha value is -0.850. The number of hydrogen-bond acceptors (Lipinski definition) is 3. The molecule has 1 amide bonds. The zero-order valence-corrected chi connectivity index (χ0v) is 12.5. The molecule has 88 valence electrons. The summed E-state index contributed by atoms with van der Waals surface area (Å²) >= 11 is 8.10. The van der Waals surface area contributed by atoms with Crippen molar-refractivity contribution in [3.05, 3.63) is 43.5 Å². The van der Waals surface area contributed by atoms with E-state index in [2.05, 4.69) is 37.2 Å². The van der Waals surface area contributed by atoms with E-state index >= 15 is 0 Å². The van der Waals surface area contributed by atoms with Crippen LogP contribution in [0.4, 0.5) is 11.4 Å². The van der Waals surface area contributed by atoms with Gasteiger partial charge >= 0.3 is 0 Å². The lowest BCUT2D eigenvalue weighted by Gasteiger charge is -2.07. The van der Waals surface area contributed by atoms with Crippen molar-refractivity contribution in [2.45, 2.75) is 0 Å². The number of nitrogens with one attached hydrogen (secondary N) is 1. The number of rotatable bonds is 2. The molecule has 1 aromatic heterocycles. The number of nitrogen functional groups attached to an aromatic ring is 1. The summed E-state index contributed by atoms with van der Waals surface area (Å²) in [4.78, 5) is 11.9. The molecule has 0 saturated heterocycles. The van der Waals surface area contributed by atoms with Gasteiger partial charge in [-0.05, 0) is 40.2 Å². The van der Waals surface area contributed by atoms with Crippen LogP contribution in [-0.2, 0) is 0 Å². The molecule has 0 radical (unpaired) electrons. The molecular formula is C11H8Br2N2OS. The quantitative estimate of drug-likeness (QED) is 0.776. The molecule has 3 nitrogen and oxygen atoms in total. The van der Waals surface area contributed by atoms with Crippen molar-refractivity contribution in [3.8, 4) is 0 Å². The van der Waals surface area contributed by atoms with Crippen LogP contribution in [0.2, 0.25) is 0 Å². The Morgan fingerprint density at radius 2 is 2.06 bits per heavy atom. The van der Waals surface area contributed by atoms with E-state index in [1.54, 1.807) is 23.6 Å². The SMILES string of the molecule is Nc1cc(Br)ccc1NC(=O)c1csc(Br)c1. The van der Waals surface area contributed by atoms with Crippen LogP contribution in [0.25, 0.3) is 0 Å². The van der Waals surface area contributed by atoms with Gasteiger partial charge in [-0.15, -0.1) is 11.3 Å². The van der Waals surface area contributed by atoms with Gasteiger partial charge in [0.15, 0.2) is 0 Å². The summed E-state index contributed by atoms with van der Waals surface area (Å²) in [6.45, 7) is 0. The summed E-state index contributed by atoms with van der Waals surface area (Å²) in [5, 5.41) is 4.55. The minimum Gasteiger partial charge on any atom is -0.397 e. The second-order valence-electron chi connectivity index (χ2n) is 3.33. The third kappa shape index (κ3) is 3.08. The van der Waals surface area contributed by atoms with E-state index in [0.29, 0.717) is 16.9 Å². The predicted octanol–water partition coefficient (Wildman–Crippen LogP) is 4.11. The number of amides is 1. The van der Waals surface area contributed by atoms with E-state index in [4.69, 9.17) is 5.73 Å². The van der Waals surface area contributed by atoms with E-state index in [1.165, 1.54) is 11.3 Å². The maximum absolute atomic E-state index is 11.9. The molecule has 1 aromatic carbocycles. The van der Waals surface area contributed by atoms with Crippen molar-refractivity contribution in [2.75, 3.05) is 11.1 Å². The molecule has 0 aliphatic rings. The lowest BCUT2D eigenvalue weighted by atomic mass is 10.2. The maximum atomic E-state index is 11.9. The van der Waals surface area contributed by atoms with E-state index < -0.39 is 0 Å². The van der Waals surface area contributed by atoms with E-state index in [9.17, 15) is 4.79 Å². The molecule has 3 N–H and O–H groups in total. The molecule has 0 unspecified atom stereocenters. The average Bonchev–Trinajstić information content (AvgIpc) is 2.69. The molecule has 1 heterocycles. The highest BCUT2D eigenvalue weighted by molar-refractivity contribution is 9.11. The van der Waals surface area contributed by atoms with Gasteiger partial charge in [0, 0.05) is 9.85 Å². The van der Waals surface area contributed by atoms with Crippen LogP contribution in [0.15, 0.2) is 37.9 Å². The zero-order chi connectivity index (χ0) is 12.4. The molecule has 2 aromatic rings. The predicted molar refractivity (Wildman–Crippen MR) is 78.5 cm³/mol. The zero-order valence-electron chi connectivity index (χ0n) is 8.54. The maximum Gasteiger partial charge on any atom is 0.256 e. The Balaban J connectivity index is 2.18. The molecule has 0 saturated carbocycles. The lowest BCUT2D eigenvalue weighted by molar-refractivity contribution is 0.102. The summed E-state index contributed by atoms with van der Waals surface area (Å²) in [6, 6.07) is 7.11. The molecule has 0 aliphatic heterocycles. The van der Waals surface area contributed by atoms with Gasteiger partial charge in [-0.1, -0.05) is 15.9 Å². The van der Waals surface area contributed by atoms with Crippen molar-refractivity contribution < 1.29 is 4.79 Å². The standard InChI is InChI=1S/C11H8Br2N2OS/c12-7-1-2-9(8(14)4-7)15-11(16)6-3-10(13)17-5-6/h1-5H,14H2,(H,15,16). The molecule has 17 heavy (non-hydrogen) atoms. The Labute approximate surface area is 119 Å². The van der Waals surface area contributed by atoms with Gasteiger partial charge in [0.25, 0.3) is 5.91 Å². The number of hydrogen-bond donors (Lipinski definition) is 2. The molecule has 0 fully saturated rings. The van der Waals surface area contributed by atoms with Crippen molar-refractivity contribution in [1.82, 2.24) is 0 Å². The molecular weight excluding hydrogens is 368 g/mol. The van der Waals surface area contributed by atoms with Crippen LogP contribution in [0.5, 0.6) is 0 Å². The fourth-order valence-electron chi connectivity index (χ4n) is 1.27. The third-order valence-corrected chi connectivity index (χ3v) is 4.09. The number of thiophene rings is 1. The summed E-state index contributed by atoms with van der Waals surface area (Å²) in [5.74, 6) is -0.166. The fourth-order valence-corrected chi connectivity index (χ4v) is 2.79. The number of benzene rings is 1. The van der Waals surface area contributed by atoms with Crippen LogP contribution in [0, 0.1) is 0 Å². The number of anilines is 2. The first kappa shape index (κ1) is 12.6. The minimum absolute atomic E-state index is 0.166. The molecule has 2 rings (SSSR count). The Morgan fingerprint density at radius 1 is 1.29 bits per heavy atom. The lowest BCUT2D eigenvalue weighted by Crippen LogP contribution is -2.12. The van der Waals surface area contributed by atoms with Crippen molar-refractivity contribution in [1.29, 1.82) is 0 Å². The van der Waals surface area contributed by atoms with Gasteiger partial charge in [-0.25, -0.2) is 0 Å². The molecule has 0 aliphatic carbocycles. The smallest absolute Gasteiger partial charge is 0.256 e. The number of nitrogens with two attached hydrogens (primary N) is 1. The van der Waals surface area contributed by atoms with Gasteiger partial charge in [-0.3, -0.25) is 4.79 Å². The Kier molecular flexibility index (Phi) is 3.86. The summed E-state index contributed by atoms with van der Waals surface area (Å²) in [6.07, 6.45) is 0. The monoisotopic (exact) mass is 374 g/mol. The molecule has 0 spiro atoms. The summed E-state index contributed by atoms with van der Waals surface area (Å²) < 4.78 is 1.80. The molecule has 0 bridgehead atoms. The summed E-state index contributed by atoms with van der Waals surface area (Å²) in [7, 11) is 0. The minimum atomic E-state index is -0.166. The number of carbonyl (C=O) groups is 1. The second kappa shape index (κ2) is 5.20. The van der Waals surface area contributed by atoms with Crippen LogP contribution in [0.1, 0.15) is 10.4 Å². The number of carbonyl (C=O) groups excluding carboxylic acids is 1. The van der Waals surface area contributed by atoms with Gasteiger partial charge in [0.05, 0.1) is 20.7 Å². The van der Waals surface area contributed by atoms with Gasteiger partial charge in [-0.2, -0.15) is 0 Å². The van der Waals surface area contributed by atoms with Crippen LogP contribution >= 0.6 is 43.2 Å². The van der Waals surface area contributed by atoms with Crippen LogP contribution < -0.4 is 11.1 Å². The first-order chi connectivity index (χ1) is 8.06. The topological polar surface area (TPSA) is 55.1 Å². The highest BCUT2D eigenvalue weighted by Crippen LogP contribution is 2.25. The van der Waals surface area contributed by atoms with E-state index in [0.717, 1.165) is 8.26 Å². The fraction of sp³-hybridized carbons (Fsp3) is 0. The number of halogens is 2. The molecule has 0 atom stereocenters. The summed E-state index contributed by atoms with van der Waals surface area (Å²) in [5.41, 5.74) is 7.56. The first-order valence-electron chi connectivity index (χ1n) is 4.66. The van der Waals surface area contributed by atoms with Gasteiger partial charge in [0.2, 0.25) is 0 Å². The van der Waals surface area contributed by atoms with Gasteiger partial charge < -0.3 is 11.1 Å². The largest absolute Gasteiger partial charge is 0.397 e. The van der Waals surface area contributed by atoms with Crippen molar-refractivity contribution in [3.63, 3.8) is 0 Å². The first-order valence-corrected chi connectivity index (χ1v) is 7.13. The normalized spacial score (nSPS) is 10.2. The highest BCUT2D eigenvalue weighted by Gasteiger charge is 2.09.